The molecule has 2 aromatic rings. The highest BCUT2D eigenvalue weighted by molar-refractivity contribution is 5.79. The van der Waals surface area contributed by atoms with E-state index in [-0.39, 0.29) is 23.7 Å². The SMILES string of the molecule is COc1ccc([C@H](Cc2ccc(F)cc2)NC(=O)[C@H]2CCNC2)cc1. The Balaban J connectivity index is 1.78. The predicted octanol–water partition coefficient (Wildman–Crippen LogP) is 2.84. The van der Waals surface area contributed by atoms with Crippen LogP contribution in [0.5, 0.6) is 5.75 Å². The first-order valence-corrected chi connectivity index (χ1v) is 8.55. The van der Waals surface area contributed by atoms with Crippen LogP contribution in [0.15, 0.2) is 48.5 Å². The van der Waals surface area contributed by atoms with E-state index in [0.29, 0.717) is 6.42 Å². The summed E-state index contributed by atoms with van der Waals surface area (Å²) in [5.74, 6) is 0.586. The molecule has 1 fully saturated rings. The molecule has 1 aliphatic heterocycles. The molecule has 1 amide bonds. The van der Waals surface area contributed by atoms with Crippen molar-refractivity contribution in [3.8, 4) is 5.75 Å². The van der Waals surface area contributed by atoms with Crippen molar-refractivity contribution in [2.45, 2.75) is 18.9 Å². The fraction of sp³-hybridized carbons (Fsp3) is 0.350. The van der Waals surface area contributed by atoms with E-state index < -0.39 is 0 Å². The lowest BCUT2D eigenvalue weighted by Crippen LogP contribution is -2.35. The zero-order valence-corrected chi connectivity index (χ0v) is 14.3. The molecule has 4 nitrogen and oxygen atoms in total. The Morgan fingerprint density at radius 1 is 1.24 bits per heavy atom. The summed E-state index contributed by atoms with van der Waals surface area (Å²) in [7, 11) is 1.62. The maximum atomic E-state index is 13.2. The molecule has 2 aromatic carbocycles. The van der Waals surface area contributed by atoms with Crippen molar-refractivity contribution < 1.29 is 13.9 Å². The van der Waals surface area contributed by atoms with Crippen molar-refractivity contribution in [3.05, 3.63) is 65.5 Å². The average molecular weight is 342 g/mol. The van der Waals surface area contributed by atoms with Gasteiger partial charge in [-0.05, 0) is 54.8 Å². The summed E-state index contributed by atoms with van der Waals surface area (Å²) in [4.78, 5) is 12.6. The molecule has 3 rings (SSSR count). The zero-order chi connectivity index (χ0) is 17.6. The number of methoxy groups -OCH3 is 1. The third kappa shape index (κ3) is 4.57. The molecule has 5 heteroatoms. The topological polar surface area (TPSA) is 50.4 Å². The van der Waals surface area contributed by atoms with Crippen molar-refractivity contribution in [1.29, 1.82) is 0 Å². The fourth-order valence-electron chi connectivity index (χ4n) is 3.11. The Morgan fingerprint density at radius 2 is 1.96 bits per heavy atom. The molecule has 0 aromatic heterocycles. The molecule has 25 heavy (non-hydrogen) atoms. The normalized spacial score (nSPS) is 17.9. The van der Waals surface area contributed by atoms with E-state index in [2.05, 4.69) is 10.6 Å². The van der Waals surface area contributed by atoms with Crippen molar-refractivity contribution in [2.24, 2.45) is 5.92 Å². The van der Waals surface area contributed by atoms with Crippen LogP contribution in [-0.2, 0) is 11.2 Å². The van der Waals surface area contributed by atoms with Gasteiger partial charge >= 0.3 is 0 Å². The first kappa shape index (κ1) is 17.4. The molecule has 0 saturated carbocycles. The molecule has 1 heterocycles. The number of ether oxygens (including phenoxy) is 1. The minimum atomic E-state index is -0.259. The molecule has 0 unspecified atom stereocenters. The lowest BCUT2D eigenvalue weighted by atomic mass is 9.97. The summed E-state index contributed by atoms with van der Waals surface area (Å²) in [6.45, 7) is 1.60. The van der Waals surface area contributed by atoms with Gasteiger partial charge in [0.2, 0.25) is 5.91 Å². The van der Waals surface area contributed by atoms with E-state index in [9.17, 15) is 9.18 Å². The second kappa shape index (κ2) is 8.12. The van der Waals surface area contributed by atoms with Crippen LogP contribution >= 0.6 is 0 Å². The predicted molar refractivity (Wildman–Crippen MR) is 95.0 cm³/mol. The highest BCUT2D eigenvalue weighted by Crippen LogP contribution is 2.23. The Hall–Kier alpha value is -2.40. The van der Waals surface area contributed by atoms with Gasteiger partial charge in [-0.25, -0.2) is 4.39 Å². The van der Waals surface area contributed by atoms with Crippen LogP contribution in [0.4, 0.5) is 4.39 Å². The van der Waals surface area contributed by atoms with Gasteiger partial charge in [0.05, 0.1) is 19.1 Å². The van der Waals surface area contributed by atoms with Crippen LogP contribution in [-0.4, -0.2) is 26.1 Å². The van der Waals surface area contributed by atoms with Gasteiger partial charge in [0.25, 0.3) is 0 Å². The number of hydrogen-bond acceptors (Lipinski definition) is 3. The standard InChI is InChI=1S/C20H23FN2O2/c1-25-18-8-4-15(5-9-18)19(12-14-2-6-17(21)7-3-14)23-20(24)16-10-11-22-13-16/h2-9,16,19,22H,10-13H2,1H3,(H,23,24)/t16-,19-/m0/s1. The van der Waals surface area contributed by atoms with E-state index in [4.69, 9.17) is 4.74 Å². The number of rotatable bonds is 6. The molecule has 2 atom stereocenters. The highest BCUT2D eigenvalue weighted by Gasteiger charge is 2.25. The number of nitrogens with one attached hydrogen (secondary N) is 2. The number of halogens is 1. The minimum absolute atomic E-state index is 0.00830. The maximum absolute atomic E-state index is 13.2. The second-order valence-electron chi connectivity index (χ2n) is 6.35. The molecule has 1 aliphatic rings. The molecule has 0 bridgehead atoms. The number of amides is 1. The summed E-state index contributed by atoms with van der Waals surface area (Å²) >= 11 is 0. The lowest BCUT2D eigenvalue weighted by Gasteiger charge is -2.22. The van der Waals surface area contributed by atoms with E-state index in [1.165, 1.54) is 12.1 Å². The van der Waals surface area contributed by atoms with Gasteiger partial charge in [-0.15, -0.1) is 0 Å². The van der Waals surface area contributed by atoms with Crippen LogP contribution in [0, 0.1) is 11.7 Å². The summed E-state index contributed by atoms with van der Waals surface area (Å²) in [6, 6.07) is 13.9. The molecule has 1 saturated heterocycles. The molecule has 2 N–H and O–H groups in total. The first-order valence-electron chi connectivity index (χ1n) is 8.55. The van der Waals surface area contributed by atoms with Gasteiger partial charge in [-0.3, -0.25) is 4.79 Å². The van der Waals surface area contributed by atoms with Crippen molar-refractivity contribution in [2.75, 3.05) is 20.2 Å². The largest absolute Gasteiger partial charge is 0.497 e. The van der Waals surface area contributed by atoms with Crippen molar-refractivity contribution >= 4 is 5.91 Å². The Morgan fingerprint density at radius 3 is 2.56 bits per heavy atom. The highest BCUT2D eigenvalue weighted by atomic mass is 19.1. The van der Waals surface area contributed by atoms with Gasteiger partial charge in [0.15, 0.2) is 0 Å². The van der Waals surface area contributed by atoms with E-state index in [1.807, 2.05) is 24.3 Å². The third-order valence-electron chi connectivity index (χ3n) is 4.62. The average Bonchev–Trinajstić information content (AvgIpc) is 3.18. The van der Waals surface area contributed by atoms with Crippen LogP contribution in [0.25, 0.3) is 0 Å². The number of benzene rings is 2. The minimum Gasteiger partial charge on any atom is -0.497 e. The summed E-state index contributed by atoms with van der Waals surface area (Å²) in [5, 5.41) is 6.38. The molecular formula is C20H23FN2O2. The number of hydrogen-bond donors (Lipinski definition) is 2. The van der Waals surface area contributed by atoms with Gasteiger partial charge in [-0.2, -0.15) is 0 Å². The number of carbonyl (C=O) groups excluding carboxylic acids is 1. The van der Waals surface area contributed by atoms with Gasteiger partial charge in [0.1, 0.15) is 11.6 Å². The van der Waals surface area contributed by atoms with Crippen molar-refractivity contribution in [1.82, 2.24) is 10.6 Å². The zero-order valence-electron chi connectivity index (χ0n) is 14.3. The van der Waals surface area contributed by atoms with Gasteiger partial charge in [-0.1, -0.05) is 24.3 Å². The molecule has 0 aliphatic carbocycles. The van der Waals surface area contributed by atoms with Crippen LogP contribution < -0.4 is 15.4 Å². The van der Waals surface area contributed by atoms with E-state index in [1.54, 1.807) is 19.2 Å². The summed E-state index contributed by atoms with van der Waals surface area (Å²) in [5.41, 5.74) is 1.98. The number of carbonyl (C=O) groups is 1. The smallest absolute Gasteiger partial charge is 0.224 e. The van der Waals surface area contributed by atoms with E-state index in [0.717, 1.165) is 36.4 Å². The third-order valence-corrected chi connectivity index (χ3v) is 4.62. The summed E-state index contributed by atoms with van der Waals surface area (Å²) in [6.07, 6.45) is 1.47. The molecular weight excluding hydrogens is 319 g/mol. The van der Waals surface area contributed by atoms with Crippen LogP contribution in [0.2, 0.25) is 0 Å². The van der Waals surface area contributed by atoms with Crippen LogP contribution in [0.3, 0.4) is 0 Å². The first-order chi connectivity index (χ1) is 12.2. The van der Waals surface area contributed by atoms with Gasteiger partial charge in [0, 0.05) is 6.54 Å². The van der Waals surface area contributed by atoms with Crippen LogP contribution in [0.1, 0.15) is 23.6 Å². The lowest BCUT2D eigenvalue weighted by molar-refractivity contribution is -0.125. The fourth-order valence-corrected chi connectivity index (χ4v) is 3.11. The maximum Gasteiger partial charge on any atom is 0.224 e. The second-order valence-corrected chi connectivity index (χ2v) is 6.35. The Kier molecular flexibility index (Phi) is 5.66. The van der Waals surface area contributed by atoms with Gasteiger partial charge < -0.3 is 15.4 Å². The van der Waals surface area contributed by atoms with E-state index >= 15 is 0 Å². The Bertz CT molecular complexity index is 695. The summed E-state index contributed by atoms with van der Waals surface area (Å²) < 4.78 is 18.4. The Labute approximate surface area is 147 Å². The molecule has 132 valence electrons. The molecule has 0 radical (unpaired) electrons. The van der Waals surface area contributed by atoms with Crippen molar-refractivity contribution in [3.63, 3.8) is 0 Å². The quantitative estimate of drug-likeness (QED) is 0.849. The monoisotopic (exact) mass is 342 g/mol. The molecule has 0 spiro atoms.